The van der Waals surface area contributed by atoms with E-state index in [0.717, 1.165) is 17.0 Å². The molecule has 1 N–H and O–H groups in total. The molecule has 0 amide bonds. The van der Waals surface area contributed by atoms with Crippen molar-refractivity contribution in [3.05, 3.63) is 40.3 Å². The van der Waals surface area contributed by atoms with Crippen LogP contribution < -0.4 is 5.32 Å². The normalized spacial score (nSPS) is 11.8. The summed E-state index contributed by atoms with van der Waals surface area (Å²) in [6, 6.07) is 5.41. The Kier molecular flexibility index (Phi) is 4.19. The highest BCUT2D eigenvalue weighted by molar-refractivity contribution is 6.42. The second kappa shape index (κ2) is 5.53. The highest BCUT2D eigenvalue weighted by atomic mass is 35.5. The molecule has 0 bridgehead atoms. The molecule has 102 valence electrons. The molecule has 0 unspecified atom stereocenters. The van der Waals surface area contributed by atoms with Crippen molar-refractivity contribution in [3.63, 3.8) is 0 Å². The van der Waals surface area contributed by atoms with Crippen LogP contribution in [0.5, 0.6) is 0 Å². The van der Waals surface area contributed by atoms with Crippen LogP contribution in [-0.4, -0.2) is 10.5 Å². The third kappa shape index (κ3) is 3.72. The molecule has 0 fully saturated rings. The van der Waals surface area contributed by atoms with Crippen molar-refractivity contribution in [1.29, 1.82) is 0 Å². The Morgan fingerprint density at radius 3 is 2.58 bits per heavy atom. The number of halogens is 2. The lowest BCUT2D eigenvalue weighted by molar-refractivity contribution is 0.421. The molecule has 0 saturated carbocycles. The van der Waals surface area contributed by atoms with E-state index in [0.29, 0.717) is 16.6 Å². The number of oxazole rings is 1. The summed E-state index contributed by atoms with van der Waals surface area (Å²) in [7, 11) is 0. The molecule has 0 aliphatic rings. The molecule has 1 aromatic heterocycles. The Morgan fingerprint density at radius 1 is 1.21 bits per heavy atom. The van der Waals surface area contributed by atoms with Crippen LogP contribution in [0.2, 0.25) is 10.0 Å². The van der Waals surface area contributed by atoms with E-state index in [1.54, 1.807) is 12.1 Å². The summed E-state index contributed by atoms with van der Waals surface area (Å²) in [6.07, 6.45) is 1.44. The van der Waals surface area contributed by atoms with Crippen molar-refractivity contribution in [2.45, 2.75) is 32.9 Å². The zero-order valence-corrected chi connectivity index (χ0v) is 12.6. The van der Waals surface area contributed by atoms with E-state index in [4.69, 9.17) is 27.6 Å². The zero-order valence-electron chi connectivity index (χ0n) is 11.1. The maximum Gasteiger partial charge on any atom is 0.181 e. The van der Waals surface area contributed by atoms with Crippen LogP contribution in [0.15, 0.2) is 29.0 Å². The number of rotatable bonds is 3. The molecular formula is C14H16Cl2N2O. The molecule has 0 atom stereocenters. The van der Waals surface area contributed by atoms with Crippen LogP contribution in [0.1, 0.15) is 26.5 Å². The van der Waals surface area contributed by atoms with Gasteiger partial charge in [0.15, 0.2) is 12.2 Å². The number of aromatic nitrogens is 1. The van der Waals surface area contributed by atoms with E-state index in [1.807, 2.05) is 6.07 Å². The maximum absolute atomic E-state index is 6.02. The summed E-state index contributed by atoms with van der Waals surface area (Å²) in [6.45, 7) is 6.94. The molecule has 0 saturated heterocycles. The van der Waals surface area contributed by atoms with Gasteiger partial charge in [0.2, 0.25) is 0 Å². The summed E-state index contributed by atoms with van der Waals surface area (Å²) in [5.74, 6) is 0.718. The van der Waals surface area contributed by atoms with E-state index in [2.05, 4.69) is 31.1 Å². The van der Waals surface area contributed by atoms with Crippen LogP contribution in [-0.2, 0) is 6.54 Å². The first-order valence-electron chi connectivity index (χ1n) is 5.99. The molecule has 2 aromatic rings. The number of hydrogen-bond donors (Lipinski definition) is 1. The number of benzene rings is 1. The van der Waals surface area contributed by atoms with E-state index in [-0.39, 0.29) is 5.54 Å². The first-order chi connectivity index (χ1) is 8.87. The van der Waals surface area contributed by atoms with Gasteiger partial charge < -0.3 is 9.73 Å². The van der Waals surface area contributed by atoms with Gasteiger partial charge >= 0.3 is 0 Å². The van der Waals surface area contributed by atoms with Crippen molar-refractivity contribution < 1.29 is 4.42 Å². The summed E-state index contributed by atoms with van der Waals surface area (Å²) in [5, 5.41) is 4.41. The Hall–Kier alpha value is -1.03. The topological polar surface area (TPSA) is 38.1 Å². The van der Waals surface area contributed by atoms with Gasteiger partial charge in [-0.25, -0.2) is 4.98 Å². The lowest BCUT2D eigenvalue weighted by atomic mass is 10.1. The molecule has 5 heteroatoms. The molecule has 19 heavy (non-hydrogen) atoms. The molecule has 3 nitrogen and oxygen atoms in total. The molecule has 2 rings (SSSR count). The standard InChI is InChI=1S/C14H16Cl2N2O/c1-14(2,3)18-7-12-13(19-8-17-12)9-4-5-10(15)11(16)6-9/h4-6,8,18H,7H2,1-3H3. The van der Waals surface area contributed by atoms with Crippen LogP contribution in [0.25, 0.3) is 11.3 Å². The molecule has 1 aromatic carbocycles. The minimum atomic E-state index is 0.0217. The van der Waals surface area contributed by atoms with Crippen LogP contribution in [0, 0.1) is 0 Å². The summed E-state index contributed by atoms with van der Waals surface area (Å²) in [4.78, 5) is 4.24. The Balaban J connectivity index is 2.26. The quantitative estimate of drug-likeness (QED) is 0.904. The van der Waals surface area contributed by atoms with Gasteiger partial charge in [-0.2, -0.15) is 0 Å². The van der Waals surface area contributed by atoms with Gasteiger partial charge in [-0.3, -0.25) is 0 Å². The van der Waals surface area contributed by atoms with Crippen molar-refractivity contribution >= 4 is 23.2 Å². The minimum Gasteiger partial charge on any atom is -0.443 e. The average molecular weight is 299 g/mol. The molecular weight excluding hydrogens is 283 g/mol. The lowest BCUT2D eigenvalue weighted by Crippen LogP contribution is -2.35. The van der Waals surface area contributed by atoms with Crippen LogP contribution in [0.4, 0.5) is 0 Å². The molecule has 0 spiro atoms. The highest BCUT2D eigenvalue weighted by Gasteiger charge is 2.15. The minimum absolute atomic E-state index is 0.0217. The monoisotopic (exact) mass is 298 g/mol. The molecule has 0 aliphatic carbocycles. The second-order valence-electron chi connectivity index (χ2n) is 5.36. The van der Waals surface area contributed by atoms with Crippen molar-refractivity contribution in [2.24, 2.45) is 0 Å². The summed E-state index contributed by atoms with van der Waals surface area (Å²) >= 11 is 11.9. The lowest BCUT2D eigenvalue weighted by Gasteiger charge is -2.19. The second-order valence-corrected chi connectivity index (χ2v) is 6.18. The van der Waals surface area contributed by atoms with Crippen LogP contribution in [0.3, 0.4) is 0 Å². The van der Waals surface area contributed by atoms with Gasteiger partial charge in [-0.05, 0) is 39.0 Å². The van der Waals surface area contributed by atoms with E-state index in [1.165, 1.54) is 6.39 Å². The number of nitrogens with one attached hydrogen (secondary N) is 1. The Morgan fingerprint density at radius 2 is 1.95 bits per heavy atom. The van der Waals surface area contributed by atoms with Gasteiger partial charge in [0.25, 0.3) is 0 Å². The Bertz CT molecular complexity index is 573. The molecule has 1 heterocycles. The predicted octanol–water partition coefficient (Wildman–Crippen LogP) is 4.54. The van der Waals surface area contributed by atoms with Gasteiger partial charge in [0.1, 0.15) is 5.69 Å². The summed E-state index contributed by atoms with van der Waals surface area (Å²) in [5.41, 5.74) is 1.75. The van der Waals surface area contributed by atoms with E-state index < -0.39 is 0 Å². The zero-order chi connectivity index (χ0) is 14.0. The van der Waals surface area contributed by atoms with Crippen molar-refractivity contribution in [2.75, 3.05) is 0 Å². The third-order valence-electron chi connectivity index (χ3n) is 2.61. The van der Waals surface area contributed by atoms with Crippen molar-refractivity contribution in [3.8, 4) is 11.3 Å². The van der Waals surface area contributed by atoms with Gasteiger partial charge in [-0.1, -0.05) is 23.2 Å². The number of nitrogens with zero attached hydrogens (tertiary/aromatic N) is 1. The van der Waals surface area contributed by atoms with Gasteiger partial charge in [0.05, 0.1) is 10.0 Å². The van der Waals surface area contributed by atoms with E-state index in [9.17, 15) is 0 Å². The number of hydrogen-bond acceptors (Lipinski definition) is 3. The highest BCUT2D eigenvalue weighted by Crippen LogP contribution is 2.30. The maximum atomic E-state index is 6.02. The summed E-state index contributed by atoms with van der Waals surface area (Å²) < 4.78 is 5.46. The Labute approximate surface area is 122 Å². The predicted molar refractivity (Wildman–Crippen MR) is 78.6 cm³/mol. The molecule has 0 aliphatic heterocycles. The third-order valence-corrected chi connectivity index (χ3v) is 3.35. The SMILES string of the molecule is CC(C)(C)NCc1ncoc1-c1ccc(Cl)c(Cl)c1. The van der Waals surface area contributed by atoms with Crippen LogP contribution >= 0.6 is 23.2 Å². The smallest absolute Gasteiger partial charge is 0.181 e. The first kappa shape index (κ1) is 14.4. The van der Waals surface area contributed by atoms with Gasteiger partial charge in [-0.15, -0.1) is 0 Å². The van der Waals surface area contributed by atoms with Crippen molar-refractivity contribution in [1.82, 2.24) is 10.3 Å². The fourth-order valence-electron chi connectivity index (χ4n) is 1.62. The fourth-order valence-corrected chi connectivity index (χ4v) is 1.91. The van der Waals surface area contributed by atoms with E-state index >= 15 is 0 Å². The average Bonchev–Trinajstić information content (AvgIpc) is 2.77. The largest absolute Gasteiger partial charge is 0.443 e. The first-order valence-corrected chi connectivity index (χ1v) is 6.75. The van der Waals surface area contributed by atoms with Gasteiger partial charge in [0, 0.05) is 17.6 Å². The molecule has 0 radical (unpaired) electrons. The fraction of sp³-hybridized carbons (Fsp3) is 0.357.